The van der Waals surface area contributed by atoms with Crippen LogP contribution in [0, 0.1) is 0 Å². The fourth-order valence-electron chi connectivity index (χ4n) is 10.7. The first-order chi connectivity index (χ1) is 51.4. The molecule has 0 aromatic carbocycles. The number of nitrogens with one attached hydrogen (secondary N) is 7. The minimum atomic E-state index is -1.49. The minimum Gasteiger partial charge on any atom is -0.394 e. The summed E-state index contributed by atoms with van der Waals surface area (Å²) in [6.45, 7) is 1.80. The highest BCUT2D eigenvalue weighted by Gasteiger charge is 2.48. The molecule has 0 spiro atoms. The van der Waals surface area contributed by atoms with Crippen LogP contribution in [0.15, 0.2) is 0 Å². The molecule has 0 aromatic rings. The number of nitrogens with zero attached hydrogens (tertiary/aromatic N) is 1. The van der Waals surface area contributed by atoms with Gasteiger partial charge < -0.3 is 159 Å². The van der Waals surface area contributed by atoms with Crippen LogP contribution in [0.5, 0.6) is 0 Å². The lowest BCUT2D eigenvalue weighted by Gasteiger charge is -2.42. The number of amides is 9. The second kappa shape index (κ2) is 53.7. The summed E-state index contributed by atoms with van der Waals surface area (Å²) in [5, 5.41) is 109. The number of carbonyl (C=O) groups is 10. The number of unbranched alkanes of at least 4 members (excludes halogenated alkanes) is 2. The molecular weight excluding hydrogens is 1440 g/mol. The van der Waals surface area contributed by atoms with Gasteiger partial charge in [0.25, 0.3) is 11.8 Å². The van der Waals surface area contributed by atoms with Crippen molar-refractivity contribution in [3.05, 3.63) is 0 Å². The lowest BCUT2D eigenvalue weighted by Crippen LogP contribution is -2.64. The maximum Gasteiger partial charge on any atom is 0.355 e. The molecule has 107 heavy (non-hydrogen) atoms. The van der Waals surface area contributed by atoms with Crippen LogP contribution in [0.1, 0.15) is 72.1 Å². The Labute approximate surface area is 617 Å². The molecule has 0 aromatic heterocycles. The second-order valence-electron chi connectivity index (χ2n) is 24.6. The van der Waals surface area contributed by atoms with Crippen LogP contribution in [-0.4, -0.2) is 386 Å². The van der Waals surface area contributed by atoms with Crippen LogP contribution >= 0.6 is 0 Å². The average molecular weight is 1550 g/mol. The maximum atomic E-state index is 14.1. The summed E-state index contributed by atoms with van der Waals surface area (Å²) in [4.78, 5) is 131. The number of hydrogen-bond acceptors (Lipinski definition) is 35. The molecule has 43 nitrogen and oxygen atoms in total. The van der Waals surface area contributed by atoms with E-state index < -0.39 is 190 Å². The summed E-state index contributed by atoms with van der Waals surface area (Å²) in [6, 6.07) is -6.13. The van der Waals surface area contributed by atoms with Crippen molar-refractivity contribution in [1.82, 2.24) is 42.3 Å². The summed E-state index contributed by atoms with van der Waals surface area (Å²) in [7, 11) is 0. The summed E-state index contributed by atoms with van der Waals surface area (Å²) in [5.74, 6) is -6.80. The van der Waals surface area contributed by atoms with Crippen molar-refractivity contribution in [3.63, 3.8) is 0 Å². The quantitative estimate of drug-likeness (QED) is 0.0199. The third-order valence-corrected chi connectivity index (χ3v) is 16.1. The lowest BCUT2D eigenvalue weighted by molar-refractivity contribution is -0.272. The number of imide groups is 1. The van der Waals surface area contributed by atoms with Crippen molar-refractivity contribution in [2.24, 2.45) is 0 Å². The molecule has 9 amide bonds. The van der Waals surface area contributed by atoms with Gasteiger partial charge in [-0.1, -0.05) is 0 Å². The SMILES string of the molecule is CC(=O)N[C@H]1[C@H](OCCOCCOCCOCC(=O)NCCCCC(NC(=O)COCCOCCOCCO[C@@H]2O[C@H](CO)[C@H](O)[C@H](O)[C@H]2NC(C)=O)C(=O)NC(CCCCNC(=O)COCCOCCOCCO[C@@H]2O[C@H](CO)[C@H](O)[C@H](O)[C@H]2NC(C)=O)C(=O)ON2C(=O)CCC2=O)O[C@H](CO)[C@H](O)[C@@H]1O. The highest BCUT2D eigenvalue weighted by atomic mass is 16.7. The Morgan fingerprint density at radius 3 is 1.02 bits per heavy atom. The van der Waals surface area contributed by atoms with Gasteiger partial charge in [-0.05, 0) is 38.5 Å². The molecular formula is C64H110N8O35. The fourth-order valence-corrected chi connectivity index (χ4v) is 10.7. The molecule has 0 aliphatic carbocycles. The zero-order chi connectivity index (χ0) is 78.5. The number of aliphatic hydroxyl groups excluding tert-OH is 9. The van der Waals surface area contributed by atoms with Crippen LogP contribution in [0.3, 0.4) is 0 Å². The van der Waals surface area contributed by atoms with E-state index in [0.717, 1.165) is 0 Å². The van der Waals surface area contributed by atoms with E-state index in [1.54, 1.807) is 0 Å². The van der Waals surface area contributed by atoms with Gasteiger partial charge in [-0.15, -0.1) is 5.06 Å². The molecule has 4 heterocycles. The fraction of sp³-hybridized carbons (Fsp3) is 0.844. The summed E-state index contributed by atoms with van der Waals surface area (Å²) in [5.41, 5.74) is 0. The van der Waals surface area contributed by atoms with Gasteiger partial charge in [-0.25, -0.2) is 4.79 Å². The van der Waals surface area contributed by atoms with Crippen LogP contribution in [0.2, 0.25) is 0 Å². The van der Waals surface area contributed by atoms with Crippen molar-refractivity contribution in [3.8, 4) is 0 Å². The standard InChI is InChI=1S/C64H110N8O35/c1-38(76)67-51-57(87)54(84)43(32-73)104-62(51)101-29-26-95-17-14-92-20-23-98-35-46(79)65-12-6-4-8-41(70-48(81)37-100-25-22-94-16-19-97-28-31-103-64-53(69-40(3)78)59(89)56(86)45(34-75)106-64)60(90)71-42(61(91)107-72-49(82)10-11-50(72)83)9-5-7-13-66-47(80)36-99-24-21-93-15-18-96-27-30-102-63-52(68-39(2)77)58(88)55(85)44(33-74)105-63/h41-45,51-59,62-64,73-75,84-89H,4-37H2,1-3H3,(H,65,79)(H,66,80)(H,67,76)(H,68,77)(H,69,78)(H,70,81)(H,71,90)/t41?,42?,43-,44-,45-,51-,52-,53-,54+,55+,56+,57-,58-,59-,62-,63-,64-/m1/s1. The van der Waals surface area contributed by atoms with Crippen molar-refractivity contribution in [2.75, 3.05) is 172 Å². The first-order valence-electron chi connectivity index (χ1n) is 35.3. The first kappa shape index (κ1) is 93.3. The topological polar surface area (TPSA) is 588 Å². The van der Waals surface area contributed by atoms with Gasteiger partial charge in [0.15, 0.2) is 18.9 Å². The first-order valence-corrected chi connectivity index (χ1v) is 35.3. The Bertz CT molecular complexity index is 2610. The third-order valence-electron chi connectivity index (χ3n) is 16.1. The molecule has 616 valence electrons. The predicted octanol–water partition coefficient (Wildman–Crippen LogP) is -9.83. The van der Waals surface area contributed by atoms with Gasteiger partial charge in [0, 0.05) is 46.7 Å². The summed E-state index contributed by atoms with van der Waals surface area (Å²) >= 11 is 0. The summed E-state index contributed by atoms with van der Waals surface area (Å²) < 4.78 is 82.5. The second-order valence-corrected chi connectivity index (χ2v) is 24.6. The molecule has 2 unspecified atom stereocenters. The summed E-state index contributed by atoms with van der Waals surface area (Å²) in [6.07, 6.45) is -15.5. The molecule has 4 saturated heterocycles. The van der Waals surface area contributed by atoms with Crippen molar-refractivity contribution < 1.29 is 170 Å². The van der Waals surface area contributed by atoms with Gasteiger partial charge in [0.1, 0.15) is 105 Å². The molecule has 17 atom stereocenters. The monoisotopic (exact) mass is 1550 g/mol. The van der Waals surface area contributed by atoms with E-state index >= 15 is 0 Å². The molecule has 4 rings (SSSR count). The Balaban J connectivity index is 1.19. The van der Waals surface area contributed by atoms with E-state index in [2.05, 4.69) is 37.2 Å². The molecule has 4 fully saturated rings. The average Bonchev–Trinajstić information content (AvgIpc) is 1.60. The minimum absolute atomic E-state index is 0.00363. The predicted molar refractivity (Wildman–Crippen MR) is 356 cm³/mol. The zero-order valence-electron chi connectivity index (χ0n) is 60.4. The van der Waals surface area contributed by atoms with Crippen molar-refractivity contribution in [1.29, 1.82) is 0 Å². The molecule has 43 heteroatoms. The van der Waals surface area contributed by atoms with E-state index in [1.807, 2.05) is 0 Å². The van der Waals surface area contributed by atoms with Gasteiger partial charge in [-0.3, -0.25) is 43.2 Å². The number of ether oxygens (including phenoxy) is 15. The number of rotatable bonds is 57. The van der Waals surface area contributed by atoms with E-state index in [4.69, 9.17) is 75.9 Å². The third kappa shape index (κ3) is 36.1. The number of carbonyl (C=O) groups excluding carboxylic acids is 10. The van der Waals surface area contributed by atoms with E-state index in [1.165, 1.54) is 20.8 Å². The molecule has 4 aliphatic heterocycles. The highest BCUT2D eigenvalue weighted by Crippen LogP contribution is 2.25. The Hall–Kier alpha value is -6.06. The van der Waals surface area contributed by atoms with Gasteiger partial charge in [-0.2, -0.15) is 0 Å². The molecule has 0 bridgehead atoms. The number of hydroxylamine groups is 2. The van der Waals surface area contributed by atoms with Crippen LogP contribution in [0.4, 0.5) is 0 Å². The Morgan fingerprint density at radius 2 is 0.701 bits per heavy atom. The van der Waals surface area contributed by atoms with Crippen LogP contribution in [0.25, 0.3) is 0 Å². The van der Waals surface area contributed by atoms with E-state index in [9.17, 15) is 93.9 Å². The lowest BCUT2D eigenvalue weighted by atomic mass is 9.97. The van der Waals surface area contributed by atoms with E-state index in [0.29, 0.717) is 5.06 Å². The van der Waals surface area contributed by atoms with E-state index in [-0.39, 0.29) is 197 Å². The molecule has 4 aliphatic rings. The molecule has 0 saturated carbocycles. The van der Waals surface area contributed by atoms with Gasteiger partial charge in [0.2, 0.25) is 41.4 Å². The maximum absolute atomic E-state index is 14.1. The Kier molecular flexibility index (Phi) is 46.9. The van der Waals surface area contributed by atoms with Crippen LogP contribution in [-0.2, 0) is 124 Å². The smallest absolute Gasteiger partial charge is 0.355 e. The largest absolute Gasteiger partial charge is 0.394 e. The van der Waals surface area contributed by atoms with Crippen LogP contribution < -0.4 is 37.2 Å². The number of aliphatic hydroxyl groups is 9. The zero-order valence-corrected chi connectivity index (χ0v) is 60.4. The Morgan fingerprint density at radius 1 is 0.402 bits per heavy atom. The molecule has 0 radical (unpaired) electrons. The van der Waals surface area contributed by atoms with Gasteiger partial charge >= 0.3 is 5.97 Å². The molecule has 16 N–H and O–H groups in total. The van der Waals surface area contributed by atoms with Crippen molar-refractivity contribution in [2.45, 2.75) is 176 Å². The number of hydrogen-bond donors (Lipinski definition) is 16. The van der Waals surface area contributed by atoms with Gasteiger partial charge in [0.05, 0.1) is 139 Å². The highest BCUT2D eigenvalue weighted by molar-refractivity contribution is 6.02. The van der Waals surface area contributed by atoms with Crippen molar-refractivity contribution >= 4 is 59.1 Å². The normalized spacial score (nSPS) is 25.7.